The third-order valence-electron chi connectivity index (χ3n) is 5.00. The molecule has 3 aromatic rings. The molecule has 0 aromatic heterocycles. The van der Waals surface area contributed by atoms with E-state index in [2.05, 4.69) is 10.6 Å². The summed E-state index contributed by atoms with van der Waals surface area (Å²) in [4.78, 5) is 39.1. The van der Waals surface area contributed by atoms with Crippen LogP contribution in [0.4, 0.5) is 11.4 Å². The van der Waals surface area contributed by atoms with Crippen molar-refractivity contribution in [3.05, 3.63) is 95.6 Å². The Morgan fingerprint density at radius 3 is 2.07 bits per heavy atom. The first-order valence-corrected chi connectivity index (χ1v) is 9.65. The molecule has 0 fully saturated rings. The van der Waals surface area contributed by atoms with Crippen LogP contribution in [-0.4, -0.2) is 22.6 Å². The number of anilines is 2. The first-order valence-electron chi connectivity index (χ1n) is 9.65. The van der Waals surface area contributed by atoms with E-state index in [0.29, 0.717) is 23.5 Å². The van der Waals surface area contributed by atoms with Gasteiger partial charge in [-0.2, -0.15) is 0 Å². The van der Waals surface area contributed by atoms with Crippen molar-refractivity contribution in [1.82, 2.24) is 4.90 Å². The van der Waals surface area contributed by atoms with Crippen molar-refractivity contribution in [2.45, 2.75) is 19.5 Å². The summed E-state index contributed by atoms with van der Waals surface area (Å²) in [5.74, 6) is -0.617. The second-order valence-electron chi connectivity index (χ2n) is 7.15. The van der Waals surface area contributed by atoms with Gasteiger partial charge in [-0.1, -0.05) is 48.5 Å². The van der Waals surface area contributed by atoms with Crippen molar-refractivity contribution in [1.29, 1.82) is 0 Å². The number of hydrogen-bond acceptors (Lipinski definition) is 3. The molecule has 0 unspecified atom stereocenters. The molecule has 0 spiro atoms. The van der Waals surface area contributed by atoms with Crippen LogP contribution in [0.25, 0.3) is 0 Å². The monoisotopic (exact) mass is 399 g/mol. The molecule has 150 valence electrons. The largest absolute Gasteiger partial charge is 0.326 e. The predicted molar refractivity (Wildman–Crippen MR) is 115 cm³/mol. The molecule has 0 bridgehead atoms. The van der Waals surface area contributed by atoms with E-state index in [1.54, 1.807) is 35.2 Å². The highest BCUT2D eigenvalue weighted by atomic mass is 16.2. The molecule has 2 N–H and O–H groups in total. The van der Waals surface area contributed by atoms with Crippen LogP contribution in [0.15, 0.2) is 78.9 Å². The molecule has 3 aromatic carbocycles. The summed E-state index contributed by atoms with van der Waals surface area (Å²) in [5, 5.41) is 5.59. The maximum atomic E-state index is 13.3. The topological polar surface area (TPSA) is 78.5 Å². The average Bonchev–Trinajstić information content (AvgIpc) is 3.07. The van der Waals surface area contributed by atoms with Gasteiger partial charge in [0, 0.05) is 30.4 Å². The van der Waals surface area contributed by atoms with Gasteiger partial charge < -0.3 is 15.5 Å². The van der Waals surface area contributed by atoms with Crippen molar-refractivity contribution in [2.75, 3.05) is 10.6 Å². The minimum atomic E-state index is -0.763. The Kier molecular flexibility index (Phi) is 5.30. The standard InChI is InChI=1S/C24H21N3O3/c1-16(28)25-19-11-13-20(14-12-19)26-23(29)22(17-7-3-2-4-8-17)27-15-18-9-5-6-10-21(18)24(27)30/h2-14,22H,15H2,1H3,(H,25,28)(H,26,29)/t22-/m1/s1. The van der Waals surface area contributed by atoms with Crippen LogP contribution >= 0.6 is 0 Å². The van der Waals surface area contributed by atoms with Gasteiger partial charge in [-0.05, 0) is 41.5 Å². The zero-order valence-corrected chi connectivity index (χ0v) is 16.5. The van der Waals surface area contributed by atoms with E-state index < -0.39 is 6.04 Å². The maximum Gasteiger partial charge on any atom is 0.255 e. The van der Waals surface area contributed by atoms with Gasteiger partial charge in [0.2, 0.25) is 5.91 Å². The minimum Gasteiger partial charge on any atom is -0.326 e. The number of nitrogens with one attached hydrogen (secondary N) is 2. The number of benzene rings is 3. The lowest BCUT2D eigenvalue weighted by molar-refractivity contribution is -0.120. The summed E-state index contributed by atoms with van der Waals surface area (Å²) < 4.78 is 0. The minimum absolute atomic E-state index is 0.157. The summed E-state index contributed by atoms with van der Waals surface area (Å²) >= 11 is 0. The first-order chi connectivity index (χ1) is 14.5. The third-order valence-corrected chi connectivity index (χ3v) is 5.00. The smallest absolute Gasteiger partial charge is 0.255 e. The molecule has 1 aliphatic heterocycles. The van der Waals surface area contributed by atoms with Gasteiger partial charge in [0.1, 0.15) is 6.04 Å². The SMILES string of the molecule is CC(=O)Nc1ccc(NC(=O)[C@@H](c2ccccc2)N2Cc3ccccc3C2=O)cc1. The molecule has 0 saturated carbocycles. The van der Waals surface area contributed by atoms with E-state index in [1.165, 1.54) is 6.92 Å². The summed E-state index contributed by atoms with van der Waals surface area (Å²) in [6.07, 6.45) is 0. The van der Waals surface area contributed by atoms with E-state index >= 15 is 0 Å². The summed E-state index contributed by atoms with van der Waals surface area (Å²) in [7, 11) is 0. The third kappa shape index (κ3) is 3.93. The Morgan fingerprint density at radius 2 is 1.43 bits per heavy atom. The number of rotatable bonds is 5. The Morgan fingerprint density at radius 1 is 0.833 bits per heavy atom. The molecule has 6 nitrogen and oxygen atoms in total. The molecule has 0 aliphatic carbocycles. The molecule has 30 heavy (non-hydrogen) atoms. The molecular formula is C24H21N3O3. The molecule has 0 saturated heterocycles. The zero-order valence-electron chi connectivity index (χ0n) is 16.5. The van der Waals surface area contributed by atoms with E-state index in [-0.39, 0.29) is 17.7 Å². The second-order valence-corrected chi connectivity index (χ2v) is 7.15. The van der Waals surface area contributed by atoms with E-state index in [0.717, 1.165) is 11.1 Å². The fraction of sp³-hybridized carbons (Fsp3) is 0.125. The molecule has 1 heterocycles. The number of carbonyl (C=O) groups is 3. The quantitative estimate of drug-likeness (QED) is 0.681. The van der Waals surface area contributed by atoms with Gasteiger partial charge >= 0.3 is 0 Å². The Hall–Kier alpha value is -3.93. The van der Waals surface area contributed by atoms with Gasteiger partial charge in [0.15, 0.2) is 0 Å². The Balaban J connectivity index is 1.60. The lowest BCUT2D eigenvalue weighted by atomic mass is 10.0. The van der Waals surface area contributed by atoms with Crippen LogP contribution in [0.3, 0.4) is 0 Å². The molecule has 0 radical (unpaired) electrons. The molecule has 3 amide bonds. The van der Waals surface area contributed by atoms with Gasteiger partial charge in [-0.3, -0.25) is 14.4 Å². The highest BCUT2D eigenvalue weighted by molar-refractivity contribution is 6.04. The fourth-order valence-corrected chi connectivity index (χ4v) is 3.64. The lowest BCUT2D eigenvalue weighted by Crippen LogP contribution is -2.37. The predicted octanol–water partition coefficient (Wildman–Crippen LogP) is 3.98. The molecule has 6 heteroatoms. The molecule has 4 rings (SSSR count). The normalized spacial score (nSPS) is 13.5. The van der Waals surface area contributed by atoms with Gasteiger partial charge in [0.25, 0.3) is 11.8 Å². The zero-order chi connectivity index (χ0) is 21.1. The fourth-order valence-electron chi connectivity index (χ4n) is 3.64. The van der Waals surface area contributed by atoms with Crippen LogP contribution in [0.2, 0.25) is 0 Å². The Labute approximate surface area is 174 Å². The number of carbonyl (C=O) groups excluding carboxylic acids is 3. The van der Waals surface area contributed by atoms with Crippen LogP contribution in [0, 0.1) is 0 Å². The lowest BCUT2D eigenvalue weighted by Gasteiger charge is -2.27. The highest BCUT2D eigenvalue weighted by Gasteiger charge is 2.37. The van der Waals surface area contributed by atoms with Crippen LogP contribution in [0.5, 0.6) is 0 Å². The van der Waals surface area contributed by atoms with Crippen molar-refractivity contribution in [3.8, 4) is 0 Å². The summed E-state index contributed by atoms with van der Waals surface area (Å²) in [6, 6.07) is 22.8. The second kappa shape index (κ2) is 8.21. The van der Waals surface area contributed by atoms with E-state index in [4.69, 9.17) is 0 Å². The van der Waals surface area contributed by atoms with E-state index in [1.807, 2.05) is 48.5 Å². The highest BCUT2D eigenvalue weighted by Crippen LogP contribution is 2.32. The van der Waals surface area contributed by atoms with Crippen molar-refractivity contribution < 1.29 is 14.4 Å². The van der Waals surface area contributed by atoms with Gasteiger partial charge in [0.05, 0.1) is 0 Å². The number of hydrogen-bond donors (Lipinski definition) is 2. The van der Waals surface area contributed by atoms with Gasteiger partial charge in [-0.15, -0.1) is 0 Å². The molecule has 1 atom stereocenters. The number of amides is 3. The van der Waals surface area contributed by atoms with E-state index in [9.17, 15) is 14.4 Å². The Bertz CT molecular complexity index is 1090. The maximum absolute atomic E-state index is 13.3. The van der Waals surface area contributed by atoms with Crippen molar-refractivity contribution >= 4 is 29.1 Å². The van der Waals surface area contributed by atoms with Gasteiger partial charge in [-0.25, -0.2) is 0 Å². The summed E-state index contributed by atoms with van der Waals surface area (Å²) in [6.45, 7) is 1.81. The van der Waals surface area contributed by atoms with Crippen LogP contribution in [0.1, 0.15) is 34.5 Å². The number of fused-ring (bicyclic) bond motifs is 1. The number of nitrogens with zero attached hydrogens (tertiary/aromatic N) is 1. The molecular weight excluding hydrogens is 378 g/mol. The molecule has 1 aliphatic rings. The van der Waals surface area contributed by atoms with Crippen LogP contribution in [-0.2, 0) is 16.1 Å². The average molecular weight is 399 g/mol. The van der Waals surface area contributed by atoms with Crippen molar-refractivity contribution in [3.63, 3.8) is 0 Å². The van der Waals surface area contributed by atoms with Crippen LogP contribution < -0.4 is 10.6 Å². The first kappa shape index (κ1) is 19.4. The summed E-state index contributed by atoms with van der Waals surface area (Å²) in [5.41, 5.74) is 3.51. The van der Waals surface area contributed by atoms with Crippen molar-refractivity contribution in [2.24, 2.45) is 0 Å².